The number of methoxy groups -OCH3 is 1. The molecule has 0 saturated heterocycles. The van der Waals surface area contributed by atoms with Crippen molar-refractivity contribution in [3.63, 3.8) is 0 Å². The summed E-state index contributed by atoms with van der Waals surface area (Å²) in [5, 5.41) is 3.48. The monoisotopic (exact) mass is 251 g/mol. The molecule has 0 radical (unpaired) electrons. The van der Waals surface area contributed by atoms with Crippen molar-refractivity contribution in [2.24, 2.45) is 0 Å². The molecule has 0 aromatic heterocycles. The highest BCUT2D eigenvalue weighted by atomic mass is 16.5. The summed E-state index contributed by atoms with van der Waals surface area (Å²) in [5.74, 6) is 0.939. The van der Waals surface area contributed by atoms with E-state index in [0.717, 1.165) is 31.7 Å². The van der Waals surface area contributed by atoms with Gasteiger partial charge in [0, 0.05) is 26.2 Å². The van der Waals surface area contributed by atoms with Gasteiger partial charge in [0.05, 0.1) is 6.61 Å². The lowest BCUT2D eigenvalue weighted by Gasteiger charge is -2.15. The van der Waals surface area contributed by atoms with Crippen molar-refractivity contribution in [2.75, 3.05) is 26.9 Å². The Bertz CT molecular complexity index is 328. The van der Waals surface area contributed by atoms with Crippen LogP contribution in [0.2, 0.25) is 0 Å². The minimum Gasteiger partial charge on any atom is -0.493 e. The van der Waals surface area contributed by atoms with Gasteiger partial charge in [0.15, 0.2) is 0 Å². The second kappa shape index (κ2) is 8.95. The summed E-state index contributed by atoms with van der Waals surface area (Å²) in [7, 11) is 1.71. The van der Waals surface area contributed by atoms with Gasteiger partial charge in [-0.15, -0.1) is 0 Å². The van der Waals surface area contributed by atoms with Gasteiger partial charge in [-0.05, 0) is 37.6 Å². The summed E-state index contributed by atoms with van der Waals surface area (Å²) in [6, 6.07) is 8.66. The Morgan fingerprint density at radius 3 is 2.83 bits per heavy atom. The molecule has 0 amide bonds. The zero-order chi connectivity index (χ0) is 13.2. The van der Waals surface area contributed by atoms with Crippen molar-refractivity contribution >= 4 is 0 Å². The maximum absolute atomic E-state index is 5.70. The molecule has 1 aromatic rings. The van der Waals surface area contributed by atoms with Gasteiger partial charge in [-0.1, -0.05) is 19.1 Å². The zero-order valence-electron chi connectivity index (χ0n) is 11.7. The first-order valence-electron chi connectivity index (χ1n) is 6.73. The van der Waals surface area contributed by atoms with Gasteiger partial charge in [-0.2, -0.15) is 0 Å². The van der Waals surface area contributed by atoms with Gasteiger partial charge in [0.2, 0.25) is 0 Å². The maximum Gasteiger partial charge on any atom is 0.119 e. The summed E-state index contributed by atoms with van der Waals surface area (Å²) in [5.41, 5.74) is 1.27. The third-order valence-electron chi connectivity index (χ3n) is 2.82. The summed E-state index contributed by atoms with van der Waals surface area (Å²) in [6.45, 7) is 6.84. The van der Waals surface area contributed by atoms with Gasteiger partial charge < -0.3 is 14.8 Å². The van der Waals surface area contributed by atoms with E-state index in [4.69, 9.17) is 9.47 Å². The van der Waals surface area contributed by atoms with Gasteiger partial charge in [0.25, 0.3) is 0 Å². The summed E-state index contributed by atoms with van der Waals surface area (Å²) in [4.78, 5) is 0. The van der Waals surface area contributed by atoms with E-state index >= 15 is 0 Å². The third kappa shape index (κ3) is 5.52. The van der Waals surface area contributed by atoms with Crippen LogP contribution < -0.4 is 10.1 Å². The van der Waals surface area contributed by atoms with Gasteiger partial charge in [-0.3, -0.25) is 0 Å². The van der Waals surface area contributed by atoms with Crippen LogP contribution in [0.25, 0.3) is 0 Å². The van der Waals surface area contributed by atoms with Gasteiger partial charge >= 0.3 is 0 Å². The summed E-state index contributed by atoms with van der Waals surface area (Å²) >= 11 is 0. The number of ether oxygens (including phenoxy) is 2. The minimum atomic E-state index is 0.368. The lowest BCUT2D eigenvalue weighted by atomic mass is 10.1. The molecule has 3 heteroatoms. The Labute approximate surface area is 110 Å². The van der Waals surface area contributed by atoms with Crippen LogP contribution in [0, 0.1) is 0 Å². The molecule has 0 saturated carbocycles. The largest absolute Gasteiger partial charge is 0.493 e. The molecule has 1 atom stereocenters. The van der Waals surface area contributed by atoms with E-state index in [1.807, 2.05) is 12.1 Å². The average molecular weight is 251 g/mol. The Kier molecular flexibility index (Phi) is 7.46. The SMILES string of the molecule is CCCNC(C)c1cccc(OCCCOC)c1. The van der Waals surface area contributed by atoms with Gasteiger partial charge in [0.1, 0.15) is 5.75 Å². The van der Waals surface area contributed by atoms with Crippen molar-refractivity contribution in [3.8, 4) is 5.75 Å². The fourth-order valence-corrected chi connectivity index (χ4v) is 1.75. The molecular weight excluding hydrogens is 226 g/mol. The van der Waals surface area contributed by atoms with E-state index in [-0.39, 0.29) is 0 Å². The Morgan fingerprint density at radius 1 is 1.28 bits per heavy atom. The number of rotatable bonds is 9. The molecule has 0 heterocycles. The highest BCUT2D eigenvalue weighted by Crippen LogP contribution is 2.19. The van der Waals surface area contributed by atoms with E-state index < -0.39 is 0 Å². The van der Waals surface area contributed by atoms with Crippen molar-refractivity contribution in [1.29, 1.82) is 0 Å². The molecule has 1 aromatic carbocycles. The Balaban J connectivity index is 2.45. The number of hydrogen-bond acceptors (Lipinski definition) is 3. The molecule has 0 spiro atoms. The fourth-order valence-electron chi connectivity index (χ4n) is 1.75. The van der Waals surface area contributed by atoms with E-state index in [2.05, 4.69) is 31.3 Å². The Morgan fingerprint density at radius 2 is 2.11 bits per heavy atom. The smallest absolute Gasteiger partial charge is 0.119 e. The number of nitrogens with one attached hydrogen (secondary N) is 1. The molecule has 0 fully saturated rings. The van der Waals surface area contributed by atoms with Crippen molar-refractivity contribution in [2.45, 2.75) is 32.7 Å². The second-order valence-electron chi connectivity index (χ2n) is 4.44. The lowest BCUT2D eigenvalue weighted by molar-refractivity contribution is 0.172. The predicted octanol–water partition coefficient (Wildman–Crippen LogP) is 3.16. The maximum atomic E-state index is 5.70. The first kappa shape index (κ1) is 15.0. The Hall–Kier alpha value is -1.06. The minimum absolute atomic E-state index is 0.368. The molecule has 1 unspecified atom stereocenters. The fraction of sp³-hybridized carbons (Fsp3) is 0.600. The standard InChI is InChI=1S/C15H25NO2/c1-4-9-16-13(2)14-7-5-8-15(12-14)18-11-6-10-17-3/h5,7-8,12-13,16H,4,6,9-11H2,1-3H3. The van der Waals surface area contributed by atoms with Gasteiger partial charge in [-0.25, -0.2) is 0 Å². The molecule has 0 bridgehead atoms. The molecule has 1 N–H and O–H groups in total. The van der Waals surface area contributed by atoms with Crippen LogP contribution in [-0.2, 0) is 4.74 Å². The number of hydrogen-bond donors (Lipinski definition) is 1. The zero-order valence-corrected chi connectivity index (χ0v) is 11.7. The highest BCUT2D eigenvalue weighted by molar-refractivity contribution is 5.30. The summed E-state index contributed by atoms with van der Waals surface area (Å²) in [6.07, 6.45) is 2.07. The van der Waals surface area contributed by atoms with E-state index in [1.54, 1.807) is 7.11 Å². The van der Waals surface area contributed by atoms with Crippen molar-refractivity contribution < 1.29 is 9.47 Å². The molecule has 1 rings (SSSR count). The van der Waals surface area contributed by atoms with Crippen LogP contribution >= 0.6 is 0 Å². The van der Waals surface area contributed by atoms with E-state index in [9.17, 15) is 0 Å². The van der Waals surface area contributed by atoms with Crippen LogP contribution in [0.1, 0.15) is 38.3 Å². The van der Waals surface area contributed by atoms with E-state index in [1.165, 1.54) is 5.56 Å². The van der Waals surface area contributed by atoms with Crippen LogP contribution in [0.3, 0.4) is 0 Å². The third-order valence-corrected chi connectivity index (χ3v) is 2.82. The van der Waals surface area contributed by atoms with Crippen LogP contribution in [0.5, 0.6) is 5.75 Å². The van der Waals surface area contributed by atoms with Crippen LogP contribution in [-0.4, -0.2) is 26.9 Å². The molecule has 18 heavy (non-hydrogen) atoms. The topological polar surface area (TPSA) is 30.5 Å². The predicted molar refractivity (Wildman–Crippen MR) is 75.1 cm³/mol. The first-order chi connectivity index (χ1) is 8.77. The second-order valence-corrected chi connectivity index (χ2v) is 4.44. The van der Waals surface area contributed by atoms with Crippen molar-refractivity contribution in [1.82, 2.24) is 5.32 Å². The summed E-state index contributed by atoms with van der Waals surface area (Å²) < 4.78 is 10.7. The van der Waals surface area contributed by atoms with Crippen LogP contribution in [0.15, 0.2) is 24.3 Å². The average Bonchev–Trinajstić information content (AvgIpc) is 2.41. The molecule has 0 aliphatic carbocycles. The normalized spacial score (nSPS) is 12.4. The first-order valence-corrected chi connectivity index (χ1v) is 6.73. The lowest BCUT2D eigenvalue weighted by Crippen LogP contribution is -2.19. The molecule has 0 aliphatic heterocycles. The molecule has 102 valence electrons. The van der Waals surface area contributed by atoms with Crippen molar-refractivity contribution in [3.05, 3.63) is 29.8 Å². The number of benzene rings is 1. The molecular formula is C15H25NO2. The molecule has 0 aliphatic rings. The van der Waals surface area contributed by atoms with Crippen LogP contribution in [0.4, 0.5) is 0 Å². The molecule has 3 nitrogen and oxygen atoms in total. The highest BCUT2D eigenvalue weighted by Gasteiger charge is 2.05. The van der Waals surface area contributed by atoms with E-state index in [0.29, 0.717) is 12.6 Å². The quantitative estimate of drug-likeness (QED) is 0.684.